The Kier molecular flexibility index (Phi) is 8.80. The second-order valence-corrected chi connectivity index (χ2v) is 6.47. The quantitative estimate of drug-likeness (QED) is 0.470. The molecule has 0 radical (unpaired) electrons. The van der Waals surface area contributed by atoms with Crippen molar-refractivity contribution in [2.75, 3.05) is 6.54 Å². The predicted octanol–water partition coefficient (Wildman–Crippen LogP) is 5.36. The fraction of sp³-hybridized carbons (Fsp3) is 0.889. The van der Waals surface area contributed by atoms with Crippen LogP contribution in [-0.4, -0.2) is 28.6 Å². The van der Waals surface area contributed by atoms with Crippen molar-refractivity contribution in [3.8, 4) is 0 Å². The normalized spacial score (nSPS) is 18.6. The first-order chi connectivity index (χ1) is 9.70. The van der Waals surface area contributed by atoms with Gasteiger partial charge in [-0.1, -0.05) is 52.4 Å². The maximum Gasteiger partial charge on any atom is 0.101 e. The van der Waals surface area contributed by atoms with Gasteiger partial charge in [0.15, 0.2) is 0 Å². The van der Waals surface area contributed by atoms with E-state index in [-0.39, 0.29) is 0 Å². The van der Waals surface area contributed by atoms with Gasteiger partial charge < -0.3 is 9.80 Å². The molecule has 0 spiro atoms. The van der Waals surface area contributed by atoms with Crippen LogP contribution in [0.25, 0.3) is 0 Å². The van der Waals surface area contributed by atoms with Crippen LogP contribution in [0.5, 0.6) is 0 Å². The summed E-state index contributed by atoms with van der Waals surface area (Å²) in [6.45, 7) is 10.4. The van der Waals surface area contributed by atoms with Gasteiger partial charge in [0.1, 0.15) is 6.17 Å². The molecule has 1 heterocycles. The topological polar surface area (TPSA) is 6.48 Å². The Morgan fingerprint density at radius 1 is 0.850 bits per heavy atom. The third-order valence-corrected chi connectivity index (χ3v) is 4.34. The van der Waals surface area contributed by atoms with Crippen LogP contribution in [0.2, 0.25) is 0 Å². The summed E-state index contributed by atoms with van der Waals surface area (Å²) in [6, 6.07) is 0.614. The summed E-state index contributed by atoms with van der Waals surface area (Å²) in [5, 5.41) is 0. The molecule has 2 nitrogen and oxygen atoms in total. The van der Waals surface area contributed by atoms with E-state index in [1.54, 1.807) is 0 Å². The molecule has 0 fully saturated rings. The molecule has 0 N–H and O–H groups in total. The zero-order valence-corrected chi connectivity index (χ0v) is 14.3. The van der Waals surface area contributed by atoms with E-state index in [2.05, 4.69) is 49.9 Å². The highest BCUT2D eigenvalue weighted by Gasteiger charge is 2.26. The summed E-state index contributed by atoms with van der Waals surface area (Å²) >= 11 is 0. The maximum atomic E-state index is 2.58. The molecule has 1 aliphatic heterocycles. The highest BCUT2D eigenvalue weighted by molar-refractivity contribution is 4.98. The van der Waals surface area contributed by atoms with Gasteiger partial charge in [-0.3, -0.25) is 0 Å². The molecule has 1 unspecified atom stereocenters. The van der Waals surface area contributed by atoms with Crippen molar-refractivity contribution in [3.05, 3.63) is 12.4 Å². The minimum absolute atomic E-state index is 0.614. The first-order valence-electron chi connectivity index (χ1n) is 8.92. The maximum absolute atomic E-state index is 2.58. The Balaban J connectivity index is 2.37. The molecule has 0 saturated heterocycles. The lowest BCUT2D eigenvalue weighted by molar-refractivity contribution is 0.114. The fourth-order valence-corrected chi connectivity index (χ4v) is 3.06. The lowest BCUT2D eigenvalue weighted by Crippen LogP contribution is -2.42. The Labute approximate surface area is 127 Å². The van der Waals surface area contributed by atoms with Gasteiger partial charge in [0.05, 0.1) is 0 Å². The van der Waals surface area contributed by atoms with Crippen LogP contribution in [0.3, 0.4) is 0 Å². The van der Waals surface area contributed by atoms with Gasteiger partial charge >= 0.3 is 0 Å². The van der Waals surface area contributed by atoms with Gasteiger partial charge in [-0.15, -0.1) is 0 Å². The van der Waals surface area contributed by atoms with E-state index in [9.17, 15) is 0 Å². The summed E-state index contributed by atoms with van der Waals surface area (Å²) in [6.07, 6.45) is 17.5. The van der Waals surface area contributed by atoms with E-state index in [0.717, 1.165) is 0 Å². The van der Waals surface area contributed by atoms with E-state index in [1.807, 2.05) is 0 Å². The van der Waals surface area contributed by atoms with E-state index in [4.69, 9.17) is 0 Å². The van der Waals surface area contributed by atoms with Gasteiger partial charge in [0, 0.05) is 25.0 Å². The molecule has 0 saturated carbocycles. The van der Waals surface area contributed by atoms with Crippen molar-refractivity contribution < 1.29 is 0 Å². The van der Waals surface area contributed by atoms with Gasteiger partial charge in [-0.05, 0) is 33.1 Å². The summed E-state index contributed by atoms with van der Waals surface area (Å²) in [4.78, 5) is 5.13. The predicted molar refractivity (Wildman–Crippen MR) is 89.5 cm³/mol. The third-order valence-electron chi connectivity index (χ3n) is 4.34. The Morgan fingerprint density at radius 2 is 1.50 bits per heavy atom. The first kappa shape index (κ1) is 17.4. The summed E-state index contributed by atoms with van der Waals surface area (Å²) in [5.74, 6) is 0. The minimum Gasteiger partial charge on any atom is -0.356 e. The van der Waals surface area contributed by atoms with Crippen molar-refractivity contribution >= 4 is 0 Å². The number of rotatable bonds is 11. The summed E-state index contributed by atoms with van der Waals surface area (Å²) in [7, 11) is 0. The Morgan fingerprint density at radius 3 is 2.15 bits per heavy atom. The average Bonchev–Trinajstić information content (AvgIpc) is 2.82. The Bertz CT molecular complexity index is 260. The monoisotopic (exact) mass is 280 g/mol. The second-order valence-electron chi connectivity index (χ2n) is 6.47. The van der Waals surface area contributed by atoms with Crippen LogP contribution in [-0.2, 0) is 0 Å². The molecule has 0 aromatic heterocycles. The van der Waals surface area contributed by atoms with Gasteiger partial charge in [0.25, 0.3) is 0 Å². The SMILES string of the molecule is CCCCCCCC1N(CCCCC)C=CN1C(C)C. The molecule has 0 amide bonds. The van der Waals surface area contributed by atoms with Crippen molar-refractivity contribution in [1.82, 2.24) is 9.80 Å². The summed E-state index contributed by atoms with van der Waals surface area (Å²) in [5.41, 5.74) is 0. The van der Waals surface area contributed by atoms with Crippen molar-refractivity contribution in [2.24, 2.45) is 0 Å². The molecule has 0 aromatic rings. The second kappa shape index (κ2) is 10.1. The highest BCUT2D eigenvalue weighted by atomic mass is 15.4. The lowest BCUT2D eigenvalue weighted by atomic mass is 10.1. The lowest BCUT2D eigenvalue weighted by Gasteiger charge is -2.35. The molecular weight excluding hydrogens is 244 g/mol. The fourth-order valence-electron chi connectivity index (χ4n) is 3.06. The molecule has 1 aliphatic rings. The largest absolute Gasteiger partial charge is 0.356 e. The average molecular weight is 280 g/mol. The molecule has 2 heteroatoms. The van der Waals surface area contributed by atoms with E-state index < -0.39 is 0 Å². The zero-order chi connectivity index (χ0) is 14.8. The molecular formula is C18H36N2. The van der Waals surface area contributed by atoms with Crippen LogP contribution in [0, 0.1) is 0 Å². The van der Waals surface area contributed by atoms with Crippen molar-refractivity contribution in [3.63, 3.8) is 0 Å². The van der Waals surface area contributed by atoms with E-state index in [0.29, 0.717) is 12.2 Å². The number of unbranched alkanes of at least 4 members (excludes halogenated alkanes) is 6. The first-order valence-corrected chi connectivity index (χ1v) is 8.92. The molecule has 20 heavy (non-hydrogen) atoms. The van der Waals surface area contributed by atoms with Crippen LogP contribution >= 0.6 is 0 Å². The van der Waals surface area contributed by atoms with Crippen LogP contribution in [0.4, 0.5) is 0 Å². The minimum atomic E-state index is 0.614. The highest BCUT2D eigenvalue weighted by Crippen LogP contribution is 2.24. The molecule has 0 bridgehead atoms. The van der Waals surface area contributed by atoms with Crippen molar-refractivity contribution in [1.29, 1.82) is 0 Å². The van der Waals surface area contributed by atoms with Crippen LogP contribution in [0.15, 0.2) is 12.4 Å². The van der Waals surface area contributed by atoms with Gasteiger partial charge in [-0.2, -0.15) is 0 Å². The standard InChI is InChI=1S/C18H36N2/c1-5-7-9-10-11-13-18-19(14-12-8-6-2)15-16-20(18)17(3)4/h15-18H,5-14H2,1-4H3. The third kappa shape index (κ3) is 5.76. The Hall–Kier alpha value is -0.660. The van der Waals surface area contributed by atoms with Gasteiger partial charge in [0.2, 0.25) is 0 Å². The van der Waals surface area contributed by atoms with E-state index in [1.165, 1.54) is 64.3 Å². The van der Waals surface area contributed by atoms with Crippen LogP contribution < -0.4 is 0 Å². The van der Waals surface area contributed by atoms with Crippen molar-refractivity contribution in [2.45, 2.75) is 97.7 Å². The molecule has 1 rings (SSSR count). The van der Waals surface area contributed by atoms with E-state index >= 15 is 0 Å². The van der Waals surface area contributed by atoms with Gasteiger partial charge in [-0.25, -0.2) is 0 Å². The number of nitrogens with zero attached hydrogens (tertiary/aromatic N) is 2. The number of hydrogen-bond acceptors (Lipinski definition) is 2. The smallest absolute Gasteiger partial charge is 0.101 e. The summed E-state index contributed by atoms with van der Waals surface area (Å²) < 4.78 is 0. The molecule has 1 atom stereocenters. The van der Waals surface area contributed by atoms with Crippen LogP contribution in [0.1, 0.15) is 85.5 Å². The number of hydrogen-bond donors (Lipinski definition) is 0. The molecule has 0 aliphatic carbocycles. The zero-order valence-electron chi connectivity index (χ0n) is 14.3. The molecule has 0 aromatic carbocycles. The molecule has 118 valence electrons.